The highest BCUT2D eigenvalue weighted by atomic mass is 19.4. The van der Waals surface area contributed by atoms with Crippen LogP contribution in [0, 0.1) is 0 Å². The predicted octanol–water partition coefficient (Wildman–Crippen LogP) is 3.04. The number of ether oxygens (including phenoxy) is 3. The second-order valence-electron chi connectivity index (χ2n) is 7.07. The number of nitrogens with zero attached hydrogens (tertiary/aromatic N) is 3. The SMILES string of the molecule is O=C(OCO/N=[N+](\O)N1CCC[C@H]1C(=O)O)C1=Cc2cc(OC(F)(F)F)ccc2O[C@@H]1C(F)(F)F. The fourth-order valence-corrected chi connectivity index (χ4v) is 3.29. The number of carboxylic acid groups (broad SMARTS) is 1. The Bertz CT molecular complexity index is 1040. The maximum atomic E-state index is 13.4. The van der Waals surface area contributed by atoms with Crippen LogP contribution in [-0.2, 0) is 19.2 Å². The minimum atomic E-state index is -5.10. The molecule has 2 atom stereocenters. The van der Waals surface area contributed by atoms with Crippen LogP contribution in [0.2, 0.25) is 0 Å². The van der Waals surface area contributed by atoms with Gasteiger partial charge in [0.05, 0.1) is 12.1 Å². The second-order valence-corrected chi connectivity index (χ2v) is 7.07. The largest absolute Gasteiger partial charge is 0.573 e. The van der Waals surface area contributed by atoms with E-state index in [2.05, 4.69) is 19.6 Å². The lowest BCUT2D eigenvalue weighted by Crippen LogP contribution is -2.41. The molecule has 0 aromatic heterocycles. The Hall–Kier alpha value is -3.92. The van der Waals surface area contributed by atoms with Gasteiger partial charge in [0.15, 0.2) is 6.04 Å². The molecule has 0 spiro atoms. The third-order valence-corrected chi connectivity index (χ3v) is 4.70. The summed E-state index contributed by atoms with van der Waals surface area (Å²) in [7, 11) is 0. The van der Waals surface area contributed by atoms with Crippen molar-refractivity contribution < 1.29 is 70.3 Å². The van der Waals surface area contributed by atoms with Crippen LogP contribution in [0.15, 0.2) is 29.0 Å². The third-order valence-electron chi connectivity index (χ3n) is 4.70. The summed E-state index contributed by atoms with van der Waals surface area (Å²) in [5.74, 6) is -4.07. The number of fused-ring (bicyclic) bond motifs is 1. The van der Waals surface area contributed by atoms with Crippen LogP contribution in [-0.4, -0.2) is 70.3 Å². The van der Waals surface area contributed by atoms with Crippen molar-refractivity contribution >= 4 is 18.0 Å². The van der Waals surface area contributed by atoms with Crippen LogP contribution in [0.25, 0.3) is 6.08 Å². The molecule has 11 nitrogen and oxygen atoms in total. The Labute approximate surface area is 191 Å². The summed E-state index contributed by atoms with van der Waals surface area (Å²) in [5.41, 5.74) is -1.43. The van der Waals surface area contributed by atoms with Crippen LogP contribution in [0.3, 0.4) is 0 Å². The molecule has 0 amide bonds. The lowest BCUT2D eigenvalue weighted by Gasteiger charge is -2.27. The van der Waals surface area contributed by atoms with Crippen LogP contribution < -0.4 is 9.47 Å². The first kappa shape index (κ1) is 25.7. The van der Waals surface area contributed by atoms with Gasteiger partial charge >= 0.3 is 24.5 Å². The average molecular weight is 516 g/mol. The van der Waals surface area contributed by atoms with E-state index in [1.165, 1.54) is 0 Å². The molecule has 0 unspecified atom stereocenters. The fraction of sp³-hybridized carbons (Fsp3) is 0.444. The Morgan fingerprint density at radius 1 is 1.23 bits per heavy atom. The molecule has 2 aliphatic heterocycles. The lowest BCUT2D eigenvalue weighted by molar-refractivity contribution is -0.942. The van der Waals surface area contributed by atoms with Gasteiger partial charge in [-0.3, -0.25) is 4.84 Å². The number of carbonyl (C=O) groups is 2. The van der Waals surface area contributed by atoms with Crippen molar-refractivity contribution in [2.75, 3.05) is 13.3 Å². The highest BCUT2D eigenvalue weighted by molar-refractivity contribution is 5.96. The van der Waals surface area contributed by atoms with E-state index in [-0.39, 0.29) is 23.5 Å². The molecule has 0 bridgehead atoms. The minimum Gasteiger partial charge on any atom is -0.480 e. The summed E-state index contributed by atoms with van der Waals surface area (Å²) in [4.78, 5) is 27.9. The molecule has 192 valence electrons. The molecule has 0 radical (unpaired) electrons. The number of rotatable bonds is 7. The molecular formula is C18H16F6N3O8+. The molecule has 1 saturated heterocycles. The van der Waals surface area contributed by atoms with Gasteiger partial charge in [-0.1, -0.05) is 5.01 Å². The van der Waals surface area contributed by atoms with E-state index in [1.807, 2.05) is 0 Å². The molecule has 1 fully saturated rings. The van der Waals surface area contributed by atoms with Crippen LogP contribution >= 0.6 is 0 Å². The summed E-state index contributed by atoms with van der Waals surface area (Å²) >= 11 is 0. The van der Waals surface area contributed by atoms with Crippen molar-refractivity contribution in [3.8, 4) is 11.5 Å². The molecule has 2 aliphatic rings. The normalized spacial score (nSPS) is 20.5. The van der Waals surface area contributed by atoms with Crippen molar-refractivity contribution in [1.82, 2.24) is 5.01 Å². The zero-order valence-corrected chi connectivity index (χ0v) is 17.2. The topological polar surface area (TPSA) is 130 Å². The van der Waals surface area contributed by atoms with E-state index in [4.69, 9.17) is 9.84 Å². The number of hydrazine groups is 1. The number of benzene rings is 1. The quantitative estimate of drug-likeness (QED) is 0.107. The Morgan fingerprint density at radius 2 is 1.94 bits per heavy atom. The minimum absolute atomic E-state index is 0.0551. The summed E-state index contributed by atoms with van der Waals surface area (Å²) in [5, 5.41) is 22.8. The first-order valence-corrected chi connectivity index (χ1v) is 9.59. The van der Waals surface area contributed by atoms with Crippen LogP contribution in [0.4, 0.5) is 26.3 Å². The zero-order chi connectivity index (χ0) is 26.0. The lowest BCUT2D eigenvalue weighted by atomic mass is 10.0. The highest BCUT2D eigenvalue weighted by Crippen LogP contribution is 2.39. The highest BCUT2D eigenvalue weighted by Gasteiger charge is 2.49. The van der Waals surface area contributed by atoms with Gasteiger partial charge < -0.3 is 19.3 Å². The molecule has 2 heterocycles. The first-order valence-electron chi connectivity index (χ1n) is 9.59. The van der Waals surface area contributed by atoms with Crippen molar-refractivity contribution in [2.24, 2.45) is 5.28 Å². The molecule has 3 rings (SSSR count). The molecule has 1 aromatic carbocycles. The Morgan fingerprint density at radius 3 is 2.57 bits per heavy atom. The maximum Gasteiger partial charge on any atom is 0.573 e. The third kappa shape index (κ3) is 6.36. The van der Waals surface area contributed by atoms with Crippen molar-refractivity contribution in [2.45, 2.75) is 37.5 Å². The average Bonchev–Trinajstić information content (AvgIpc) is 3.24. The standard InChI is InChI=1S/C18H15F6N3O8/c19-17(20,21)14-11(7-9-6-10(35-18(22,23)24)3-4-13(9)34-14)16(30)32-8-33-25-27(31)26-5-1-2-12(26)15(28)29/h3-4,6-7,12,14H,1-2,5,8H2,(H-,25,28,29,31)/p+1/t12-,14-/m0/s1. The molecule has 35 heavy (non-hydrogen) atoms. The molecule has 0 saturated carbocycles. The van der Waals surface area contributed by atoms with Gasteiger partial charge in [0, 0.05) is 5.56 Å². The first-order chi connectivity index (χ1) is 16.3. The number of aliphatic carboxylic acids is 1. The number of alkyl halides is 6. The monoisotopic (exact) mass is 516 g/mol. The van der Waals surface area contributed by atoms with E-state index >= 15 is 0 Å². The van der Waals surface area contributed by atoms with E-state index in [0.717, 1.165) is 17.1 Å². The van der Waals surface area contributed by atoms with Crippen molar-refractivity contribution in [1.29, 1.82) is 0 Å². The number of hydrogen-bond acceptors (Lipinski definition) is 7. The smallest absolute Gasteiger partial charge is 0.480 e. The van der Waals surface area contributed by atoms with Crippen molar-refractivity contribution in [3.05, 3.63) is 29.3 Å². The zero-order valence-electron chi connectivity index (χ0n) is 17.2. The summed E-state index contributed by atoms with van der Waals surface area (Å²) in [6, 6.07) is 1.17. The van der Waals surface area contributed by atoms with Gasteiger partial charge in [-0.05, 0) is 37.1 Å². The van der Waals surface area contributed by atoms with E-state index < -0.39 is 60.5 Å². The van der Waals surface area contributed by atoms with Gasteiger partial charge in [-0.2, -0.15) is 13.2 Å². The number of carbonyl (C=O) groups excluding carboxylic acids is 1. The van der Waals surface area contributed by atoms with E-state index in [0.29, 0.717) is 18.6 Å². The van der Waals surface area contributed by atoms with Gasteiger partial charge in [0.1, 0.15) is 11.5 Å². The summed E-state index contributed by atoms with van der Waals surface area (Å²) < 4.78 is 90.5. The molecule has 17 heteroatoms. The Kier molecular flexibility index (Phi) is 7.16. The Balaban J connectivity index is 1.71. The van der Waals surface area contributed by atoms with E-state index in [9.17, 15) is 41.1 Å². The van der Waals surface area contributed by atoms with Gasteiger partial charge in [0.25, 0.3) is 17.0 Å². The maximum absolute atomic E-state index is 13.4. The predicted molar refractivity (Wildman–Crippen MR) is 95.5 cm³/mol. The number of carboxylic acids is 1. The van der Waals surface area contributed by atoms with Crippen LogP contribution in [0.5, 0.6) is 11.5 Å². The second kappa shape index (κ2) is 9.75. The summed E-state index contributed by atoms with van der Waals surface area (Å²) in [6.07, 6.45) is -11.7. The summed E-state index contributed by atoms with van der Waals surface area (Å²) in [6.45, 7) is -0.996. The van der Waals surface area contributed by atoms with Gasteiger partial charge in [0.2, 0.25) is 6.10 Å². The molecular weight excluding hydrogens is 500 g/mol. The fourth-order valence-electron chi connectivity index (χ4n) is 3.29. The van der Waals surface area contributed by atoms with Crippen LogP contribution in [0.1, 0.15) is 18.4 Å². The van der Waals surface area contributed by atoms with Gasteiger partial charge in [-0.25, -0.2) is 14.8 Å². The number of hydrogen-bond donors (Lipinski definition) is 2. The van der Waals surface area contributed by atoms with E-state index in [1.54, 1.807) is 0 Å². The van der Waals surface area contributed by atoms with Gasteiger partial charge in [-0.15, -0.1) is 13.2 Å². The number of esters is 1. The molecule has 1 aromatic rings. The number of halogens is 6. The molecule has 0 aliphatic carbocycles. The van der Waals surface area contributed by atoms with Crippen molar-refractivity contribution in [3.63, 3.8) is 0 Å². The molecule has 2 N–H and O–H groups in total.